The highest BCUT2D eigenvalue weighted by molar-refractivity contribution is 8.26. The number of benzene rings is 2. The molecule has 132 valence electrons. The van der Waals surface area contributed by atoms with E-state index in [1.54, 1.807) is 48.5 Å². The van der Waals surface area contributed by atoms with Gasteiger partial charge in [0.25, 0.3) is 11.8 Å². The van der Waals surface area contributed by atoms with Gasteiger partial charge in [-0.3, -0.25) is 15.0 Å². The number of phenolic OH excluding ortho intramolecular Hbond substituents is 1. The third-order valence-corrected chi connectivity index (χ3v) is 4.85. The highest BCUT2D eigenvalue weighted by atomic mass is 32.2. The van der Waals surface area contributed by atoms with Crippen LogP contribution in [0.15, 0.2) is 53.4 Å². The molecule has 0 aromatic heterocycles. The zero-order valence-corrected chi connectivity index (χ0v) is 15.3. The summed E-state index contributed by atoms with van der Waals surface area (Å²) in [6, 6.07) is 13.3. The van der Waals surface area contributed by atoms with Gasteiger partial charge < -0.3 is 9.84 Å². The minimum absolute atomic E-state index is 0.00678. The number of nitrogens with one attached hydrogen (secondary N) is 1. The van der Waals surface area contributed by atoms with Crippen molar-refractivity contribution >= 4 is 46.2 Å². The van der Waals surface area contributed by atoms with Crippen LogP contribution in [0.5, 0.6) is 11.5 Å². The minimum atomic E-state index is -0.422. The highest BCUT2D eigenvalue weighted by Crippen LogP contribution is 2.33. The number of carbonyl (C=O) groups excluding carboxylic acids is 2. The van der Waals surface area contributed by atoms with Gasteiger partial charge in [-0.2, -0.15) is 5.01 Å². The average Bonchev–Trinajstić information content (AvgIpc) is 2.91. The number of aromatic hydroxyl groups is 1. The normalized spacial score (nSPS) is 15.4. The summed E-state index contributed by atoms with van der Waals surface area (Å²) in [6.45, 7) is 0. The highest BCUT2D eigenvalue weighted by Gasteiger charge is 2.33. The van der Waals surface area contributed by atoms with Gasteiger partial charge in [0.15, 0.2) is 15.8 Å². The van der Waals surface area contributed by atoms with Crippen molar-refractivity contribution in [2.75, 3.05) is 7.11 Å². The van der Waals surface area contributed by atoms with E-state index in [1.165, 1.54) is 13.2 Å². The van der Waals surface area contributed by atoms with Crippen LogP contribution in [-0.4, -0.2) is 33.4 Å². The van der Waals surface area contributed by atoms with Crippen LogP contribution >= 0.6 is 24.0 Å². The summed E-state index contributed by atoms with van der Waals surface area (Å²) in [5, 5.41) is 10.7. The Bertz CT molecular complexity index is 913. The Kier molecular flexibility index (Phi) is 5.24. The second-order valence-electron chi connectivity index (χ2n) is 5.26. The summed E-state index contributed by atoms with van der Waals surface area (Å²) in [4.78, 5) is 25.2. The molecule has 0 unspecified atom stereocenters. The predicted octanol–water partition coefficient (Wildman–Crippen LogP) is 2.95. The molecule has 2 amide bonds. The Morgan fingerprint density at radius 3 is 2.69 bits per heavy atom. The topological polar surface area (TPSA) is 78.9 Å². The number of rotatable bonds is 4. The average molecular weight is 386 g/mol. The standard InChI is InChI=1S/C18H14N2O4S2/c1-24-14-9-11(7-8-13(14)21)10-15-17(23)20(18(25)26-15)19-16(22)12-5-3-2-4-6-12/h2-10,21H,1H3,(H,19,22)/b15-10-. The molecule has 0 bridgehead atoms. The SMILES string of the molecule is COc1cc(/C=C2\SC(=S)N(NC(=O)c3ccccc3)C2=O)ccc1O. The maximum Gasteiger partial charge on any atom is 0.285 e. The molecule has 0 saturated carbocycles. The van der Waals surface area contributed by atoms with Gasteiger partial charge in [-0.15, -0.1) is 0 Å². The molecule has 1 fully saturated rings. The lowest BCUT2D eigenvalue weighted by Crippen LogP contribution is -2.44. The van der Waals surface area contributed by atoms with Crippen molar-refractivity contribution in [3.8, 4) is 11.5 Å². The summed E-state index contributed by atoms with van der Waals surface area (Å²) < 4.78 is 5.29. The zero-order valence-electron chi connectivity index (χ0n) is 13.6. The van der Waals surface area contributed by atoms with E-state index < -0.39 is 11.8 Å². The van der Waals surface area contributed by atoms with Crippen molar-refractivity contribution in [2.45, 2.75) is 0 Å². The molecule has 1 aliphatic rings. The fraction of sp³-hybridized carbons (Fsp3) is 0.0556. The van der Waals surface area contributed by atoms with E-state index in [1.807, 2.05) is 0 Å². The first-order valence-electron chi connectivity index (χ1n) is 7.50. The molecule has 1 saturated heterocycles. The second-order valence-corrected chi connectivity index (χ2v) is 6.93. The number of hydrogen-bond donors (Lipinski definition) is 2. The molecule has 8 heteroatoms. The quantitative estimate of drug-likeness (QED) is 0.621. The molecule has 3 rings (SSSR count). The third-order valence-electron chi connectivity index (χ3n) is 3.54. The summed E-state index contributed by atoms with van der Waals surface area (Å²) in [5.74, 6) is -0.537. The maximum absolute atomic E-state index is 12.6. The fourth-order valence-corrected chi connectivity index (χ4v) is 3.43. The van der Waals surface area contributed by atoms with Crippen LogP contribution in [0.2, 0.25) is 0 Å². The van der Waals surface area contributed by atoms with E-state index in [-0.39, 0.29) is 10.1 Å². The lowest BCUT2D eigenvalue weighted by atomic mass is 10.2. The van der Waals surface area contributed by atoms with Crippen LogP contribution in [0, 0.1) is 0 Å². The fourth-order valence-electron chi connectivity index (χ4n) is 2.26. The largest absolute Gasteiger partial charge is 0.504 e. The van der Waals surface area contributed by atoms with Crippen LogP contribution in [0.3, 0.4) is 0 Å². The Morgan fingerprint density at radius 1 is 1.27 bits per heavy atom. The number of ether oxygens (including phenoxy) is 1. The molecule has 2 aromatic rings. The molecule has 0 atom stereocenters. The van der Waals surface area contributed by atoms with Crippen molar-refractivity contribution in [2.24, 2.45) is 0 Å². The first-order chi connectivity index (χ1) is 12.5. The smallest absolute Gasteiger partial charge is 0.285 e. The van der Waals surface area contributed by atoms with E-state index in [4.69, 9.17) is 17.0 Å². The molecular weight excluding hydrogens is 372 g/mol. The monoisotopic (exact) mass is 386 g/mol. The van der Waals surface area contributed by atoms with E-state index in [0.29, 0.717) is 21.8 Å². The van der Waals surface area contributed by atoms with Crippen LogP contribution in [0.4, 0.5) is 0 Å². The van der Waals surface area contributed by atoms with Crippen LogP contribution in [0.25, 0.3) is 6.08 Å². The van der Waals surface area contributed by atoms with Gasteiger partial charge in [0.05, 0.1) is 12.0 Å². The Labute approximate surface area is 159 Å². The van der Waals surface area contributed by atoms with Gasteiger partial charge in [-0.25, -0.2) is 0 Å². The molecule has 0 spiro atoms. The molecule has 6 nitrogen and oxygen atoms in total. The van der Waals surface area contributed by atoms with Gasteiger partial charge in [0, 0.05) is 5.56 Å². The summed E-state index contributed by atoms with van der Waals surface area (Å²) >= 11 is 6.28. The van der Waals surface area contributed by atoms with Crippen molar-refractivity contribution in [3.63, 3.8) is 0 Å². The molecule has 0 radical (unpaired) electrons. The molecule has 26 heavy (non-hydrogen) atoms. The maximum atomic E-state index is 12.6. The third kappa shape index (κ3) is 3.71. The second kappa shape index (κ2) is 7.59. The van der Waals surface area contributed by atoms with Crippen LogP contribution in [0.1, 0.15) is 15.9 Å². The lowest BCUT2D eigenvalue weighted by Gasteiger charge is -2.15. The molecule has 1 heterocycles. The van der Waals surface area contributed by atoms with E-state index in [2.05, 4.69) is 5.43 Å². The number of carbonyl (C=O) groups is 2. The van der Waals surface area contributed by atoms with Gasteiger partial charge in [0.1, 0.15) is 0 Å². The number of thioether (sulfide) groups is 1. The summed E-state index contributed by atoms with van der Waals surface area (Å²) in [7, 11) is 1.44. The van der Waals surface area contributed by atoms with Crippen LogP contribution in [-0.2, 0) is 4.79 Å². The van der Waals surface area contributed by atoms with E-state index >= 15 is 0 Å². The molecular formula is C18H14N2O4S2. The van der Waals surface area contributed by atoms with Gasteiger partial charge in [-0.1, -0.05) is 36.0 Å². The lowest BCUT2D eigenvalue weighted by molar-refractivity contribution is -0.123. The number of hydrazine groups is 1. The number of amides is 2. The molecule has 2 aromatic carbocycles. The van der Waals surface area contributed by atoms with Crippen LogP contribution < -0.4 is 10.2 Å². The number of methoxy groups -OCH3 is 1. The van der Waals surface area contributed by atoms with Gasteiger partial charge in [-0.05, 0) is 48.1 Å². The number of hydrogen-bond acceptors (Lipinski definition) is 6. The Morgan fingerprint density at radius 2 is 2.00 bits per heavy atom. The van der Waals surface area contributed by atoms with Crippen molar-refractivity contribution in [1.29, 1.82) is 0 Å². The van der Waals surface area contributed by atoms with E-state index in [9.17, 15) is 14.7 Å². The molecule has 0 aliphatic carbocycles. The molecule has 2 N–H and O–H groups in total. The predicted molar refractivity (Wildman–Crippen MR) is 104 cm³/mol. The number of phenols is 1. The van der Waals surface area contributed by atoms with Gasteiger partial charge >= 0.3 is 0 Å². The first-order valence-corrected chi connectivity index (χ1v) is 8.73. The number of thiocarbonyl (C=S) groups is 1. The minimum Gasteiger partial charge on any atom is -0.504 e. The van der Waals surface area contributed by atoms with Crippen molar-refractivity contribution in [3.05, 3.63) is 64.6 Å². The number of nitrogens with zero attached hydrogens (tertiary/aromatic N) is 1. The van der Waals surface area contributed by atoms with Crippen molar-refractivity contribution in [1.82, 2.24) is 10.4 Å². The Hall–Kier alpha value is -2.84. The van der Waals surface area contributed by atoms with Crippen molar-refractivity contribution < 1.29 is 19.4 Å². The summed E-state index contributed by atoms with van der Waals surface area (Å²) in [5.41, 5.74) is 3.61. The van der Waals surface area contributed by atoms with Gasteiger partial charge in [0.2, 0.25) is 0 Å². The Balaban J connectivity index is 1.79. The first kappa shape index (κ1) is 18.0. The van der Waals surface area contributed by atoms with E-state index in [0.717, 1.165) is 16.8 Å². The summed E-state index contributed by atoms with van der Waals surface area (Å²) in [6.07, 6.45) is 1.62. The molecule has 1 aliphatic heterocycles. The zero-order chi connectivity index (χ0) is 18.7.